The molecule has 0 heterocycles. The lowest BCUT2D eigenvalue weighted by Gasteiger charge is -2.28. The Morgan fingerprint density at radius 3 is 2.42 bits per heavy atom. The Hall–Kier alpha value is -3.55. The number of nitro groups is 1. The molecular weight excluding hydrogens is 400 g/mol. The highest BCUT2D eigenvalue weighted by Crippen LogP contribution is 2.53. The molecule has 2 aliphatic rings. The van der Waals surface area contributed by atoms with Crippen molar-refractivity contribution in [1.82, 2.24) is 0 Å². The molecule has 2 fully saturated rings. The molecule has 0 radical (unpaired) electrons. The van der Waals surface area contributed by atoms with Gasteiger partial charge >= 0.3 is 5.97 Å². The number of ketones is 1. The number of hydrogen-bond donors (Lipinski definition) is 1. The monoisotopic (exact) mass is 422 g/mol. The van der Waals surface area contributed by atoms with Gasteiger partial charge in [-0.05, 0) is 37.2 Å². The highest BCUT2D eigenvalue weighted by molar-refractivity contribution is 6.01. The first-order chi connectivity index (χ1) is 14.9. The predicted molar refractivity (Wildman–Crippen MR) is 111 cm³/mol. The maximum Gasteiger partial charge on any atom is 0.310 e. The third-order valence-corrected chi connectivity index (χ3v) is 6.24. The number of nitro benzene ring substituents is 1. The average molecular weight is 422 g/mol. The zero-order valence-corrected chi connectivity index (χ0v) is 16.7. The highest BCUT2D eigenvalue weighted by atomic mass is 16.6. The third kappa shape index (κ3) is 4.33. The van der Waals surface area contributed by atoms with Gasteiger partial charge in [0.05, 0.1) is 10.8 Å². The van der Waals surface area contributed by atoms with Gasteiger partial charge in [0.25, 0.3) is 11.6 Å². The van der Waals surface area contributed by atoms with Crippen molar-refractivity contribution >= 4 is 29.0 Å². The van der Waals surface area contributed by atoms with Gasteiger partial charge in [0.2, 0.25) is 0 Å². The van der Waals surface area contributed by atoms with Crippen LogP contribution in [0.2, 0.25) is 0 Å². The number of hydrogen-bond acceptors (Lipinski definition) is 6. The Labute approximate surface area is 178 Å². The summed E-state index contributed by atoms with van der Waals surface area (Å²) in [4.78, 5) is 48.4. The van der Waals surface area contributed by atoms with E-state index in [1.165, 1.54) is 24.3 Å². The van der Waals surface area contributed by atoms with E-state index in [0.29, 0.717) is 5.56 Å². The van der Waals surface area contributed by atoms with Crippen molar-refractivity contribution in [3.63, 3.8) is 0 Å². The van der Waals surface area contributed by atoms with Crippen molar-refractivity contribution in [1.29, 1.82) is 0 Å². The lowest BCUT2D eigenvalue weighted by Crippen LogP contribution is -2.37. The molecule has 4 atom stereocenters. The quantitative estimate of drug-likeness (QED) is 0.315. The van der Waals surface area contributed by atoms with Crippen LogP contribution in [0.5, 0.6) is 0 Å². The second kappa shape index (κ2) is 8.67. The van der Waals surface area contributed by atoms with Crippen LogP contribution in [0.3, 0.4) is 0 Å². The summed E-state index contributed by atoms with van der Waals surface area (Å²) in [6, 6.07) is 14.4. The van der Waals surface area contributed by atoms with Gasteiger partial charge in [-0.2, -0.15) is 0 Å². The first-order valence-corrected chi connectivity index (χ1v) is 10.2. The van der Waals surface area contributed by atoms with Crippen LogP contribution in [0.25, 0.3) is 0 Å². The molecule has 8 heteroatoms. The van der Waals surface area contributed by atoms with Crippen LogP contribution in [-0.2, 0) is 14.3 Å². The van der Waals surface area contributed by atoms with Crippen LogP contribution in [0.1, 0.15) is 29.6 Å². The number of rotatable bonds is 7. The molecule has 160 valence electrons. The smallest absolute Gasteiger partial charge is 0.310 e. The topological polar surface area (TPSA) is 116 Å². The molecule has 0 aromatic heterocycles. The molecule has 2 bridgehead atoms. The molecule has 1 N–H and O–H groups in total. The lowest BCUT2D eigenvalue weighted by molar-refractivity contribution is -0.384. The van der Waals surface area contributed by atoms with Crippen molar-refractivity contribution in [3.05, 3.63) is 70.3 Å². The van der Waals surface area contributed by atoms with Gasteiger partial charge in [-0.15, -0.1) is 0 Å². The molecule has 2 aromatic carbocycles. The number of non-ortho nitro benzene ring substituents is 1. The van der Waals surface area contributed by atoms with Crippen molar-refractivity contribution in [3.8, 4) is 0 Å². The molecule has 2 aliphatic carbocycles. The molecule has 8 nitrogen and oxygen atoms in total. The molecule has 1 amide bonds. The molecule has 2 aromatic rings. The Balaban J connectivity index is 1.39. The van der Waals surface area contributed by atoms with Gasteiger partial charge in [-0.25, -0.2) is 0 Å². The summed E-state index contributed by atoms with van der Waals surface area (Å²) in [5, 5.41) is 13.3. The summed E-state index contributed by atoms with van der Waals surface area (Å²) in [6.45, 7) is -0.512. The summed E-state index contributed by atoms with van der Waals surface area (Å²) < 4.78 is 5.27. The second-order valence-electron chi connectivity index (χ2n) is 8.08. The van der Waals surface area contributed by atoms with Crippen molar-refractivity contribution in [2.24, 2.45) is 23.7 Å². The average Bonchev–Trinajstić information content (AvgIpc) is 3.39. The number of Topliss-reactive ketones (excluding diaryl/α,β-unsaturated/α-hetero) is 1. The number of carbonyl (C=O) groups is 3. The summed E-state index contributed by atoms with van der Waals surface area (Å²) in [7, 11) is 0. The van der Waals surface area contributed by atoms with Gasteiger partial charge in [-0.3, -0.25) is 24.5 Å². The van der Waals surface area contributed by atoms with Gasteiger partial charge in [-0.1, -0.05) is 36.4 Å². The number of esters is 1. The van der Waals surface area contributed by atoms with Crippen LogP contribution in [-0.4, -0.2) is 29.2 Å². The maximum absolute atomic E-state index is 13.1. The fourth-order valence-electron chi connectivity index (χ4n) is 4.93. The van der Waals surface area contributed by atoms with Crippen molar-refractivity contribution in [2.75, 3.05) is 11.9 Å². The van der Waals surface area contributed by atoms with E-state index in [1.54, 1.807) is 24.3 Å². The Morgan fingerprint density at radius 1 is 1.00 bits per heavy atom. The minimum absolute atomic E-state index is 0.0456. The Morgan fingerprint density at radius 2 is 1.71 bits per heavy atom. The SMILES string of the molecule is O=C(COC(=O)[C@@H]1[C@H]2CC[C@@H](C2)[C@@H]1C(=O)c1ccccc1)Nc1cccc([N+](=O)[O-])c1. The molecule has 2 saturated carbocycles. The van der Waals surface area contributed by atoms with E-state index in [1.807, 2.05) is 6.07 Å². The van der Waals surface area contributed by atoms with Crippen LogP contribution < -0.4 is 5.32 Å². The van der Waals surface area contributed by atoms with E-state index in [-0.39, 0.29) is 29.0 Å². The van der Waals surface area contributed by atoms with Crippen molar-refractivity contribution in [2.45, 2.75) is 19.3 Å². The summed E-state index contributed by atoms with van der Waals surface area (Å²) >= 11 is 0. The number of amides is 1. The number of carbonyl (C=O) groups excluding carboxylic acids is 3. The van der Waals surface area contributed by atoms with E-state index < -0.39 is 35.2 Å². The standard InChI is InChI=1S/C23H22N2O6/c26-19(24-17-7-4-8-18(12-17)25(29)30)13-31-23(28)21-16-10-9-15(11-16)20(21)22(27)14-5-2-1-3-6-14/h1-8,12,15-16,20-21H,9-11,13H2,(H,24,26)/t15-,16-,20-,21+/m0/s1. The number of fused-ring (bicyclic) bond motifs is 2. The number of nitrogens with one attached hydrogen (secondary N) is 1. The largest absolute Gasteiger partial charge is 0.455 e. The number of anilines is 1. The minimum atomic E-state index is -0.594. The van der Waals surface area contributed by atoms with Gasteiger partial charge in [0, 0.05) is 29.3 Å². The summed E-state index contributed by atoms with van der Waals surface area (Å²) in [5.41, 5.74) is 0.674. The number of benzene rings is 2. The van der Waals surface area contributed by atoms with Crippen LogP contribution in [0.4, 0.5) is 11.4 Å². The highest BCUT2D eigenvalue weighted by Gasteiger charge is 2.54. The van der Waals surface area contributed by atoms with E-state index in [9.17, 15) is 24.5 Å². The van der Waals surface area contributed by atoms with Gasteiger partial charge in [0.1, 0.15) is 0 Å². The molecular formula is C23H22N2O6. The normalized spacial score (nSPS) is 23.9. The minimum Gasteiger partial charge on any atom is -0.455 e. The van der Waals surface area contributed by atoms with Crippen molar-refractivity contribution < 1.29 is 24.0 Å². The fourth-order valence-corrected chi connectivity index (χ4v) is 4.93. The van der Waals surface area contributed by atoms with Crippen LogP contribution >= 0.6 is 0 Å². The fraction of sp³-hybridized carbons (Fsp3) is 0.348. The Bertz CT molecular complexity index is 1020. The molecule has 4 rings (SSSR count). The van der Waals surface area contributed by atoms with Crippen LogP contribution in [0, 0.1) is 33.8 Å². The lowest BCUT2D eigenvalue weighted by atomic mass is 9.75. The zero-order valence-electron chi connectivity index (χ0n) is 16.7. The van der Waals surface area contributed by atoms with E-state index in [2.05, 4.69) is 5.32 Å². The Kier molecular flexibility index (Phi) is 5.79. The van der Waals surface area contributed by atoms with Gasteiger partial charge < -0.3 is 10.1 Å². The first kappa shape index (κ1) is 20.7. The summed E-state index contributed by atoms with van der Waals surface area (Å²) in [5.74, 6) is -1.89. The summed E-state index contributed by atoms with van der Waals surface area (Å²) in [6.07, 6.45) is 2.62. The predicted octanol–water partition coefficient (Wildman–Crippen LogP) is 3.62. The molecule has 0 aliphatic heterocycles. The second-order valence-corrected chi connectivity index (χ2v) is 8.08. The molecule has 0 saturated heterocycles. The molecule has 31 heavy (non-hydrogen) atoms. The van der Waals surface area contributed by atoms with Crippen LogP contribution in [0.15, 0.2) is 54.6 Å². The molecule has 0 spiro atoms. The maximum atomic E-state index is 13.1. The van der Waals surface area contributed by atoms with E-state index in [4.69, 9.17) is 4.74 Å². The molecule has 0 unspecified atom stereocenters. The number of nitrogens with zero attached hydrogens (tertiary/aromatic N) is 1. The zero-order chi connectivity index (χ0) is 22.0. The third-order valence-electron chi connectivity index (χ3n) is 6.24. The number of ether oxygens (including phenoxy) is 1. The van der Waals surface area contributed by atoms with E-state index in [0.717, 1.165) is 19.3 Å². The van der Waals surface area contributed by atoms with Gasteiger partial charge in [0.15, 0.2) is 12.4 Å². The van der Waals surface area contributed by atoms with E-state index >= 15 is 0 Å². The first-order valence-electron chi connectivity index (χ1n) is 10.2.